The number of hydrogen-bond donors (Lipinski definition) is 1. The molecule has 0 heterocycles. The average molecular weight is 592 g/mol. The highest BCUT2D eigenvalue weighted by atomic mass is 35.5. The fourth-order valence-electron chi connectivity index (χ4n) is 4.14. The van der Waals surface area contributed by atoms with E-state index < -0.39 is 9.84 Å². The van der Waals surface area contributed by atoms with Crippen molar-refractivity contribution in [3.8, 4) is 22.6 Å². The monoisotopic (exact) mass is 591 g/mol. The maximum Gasteiger partial charge on any atom is 0.310 e. The van der Waals surface area contributed by atoms with Gasteiger partial charge < -0.3 is 14.8 Å². The number of sulfone groups is 1. The summed E-state index contributed by atoms with van der Waals surface area (Å²) in [6.45, 7) is 2.52. The van der Waals surface area contributed by atoms with Crippen molar-refractivity contribution in [1.29, 1.82) is 0 Å². The molecule has 0 unspecified atom stereocenters. The van der Waals surface area contributed by atoms with Gasteiger partial charge in [0.2, 0.25) is 0 Å². The first-order chi connectivity index (χ1) is 19.6. The number of carbonyl (C=O) groups is 2. The molecule has 0 radical (unpaired) electrons. The molecule has 41 heavy (non-hydrogen) atoms. The Bertz CT molecular complexity index is 1620. The van der Waals surface area contributed by atoms with Gasteiger partial charge >= 0.3 is 5.97 Å². The number of ether oxygens (including phenoxy) is 2. The molecule has 0 saturated heterocycles. The lowest BCUT2D eigenvalue weighted by atomic mass is 10.0. The van der Waals surface area contributed by atoms with E-state index in [-0.39, 0.29) is 29.8 Å². The van der Waals surface area contributed by atoms with Crippen LogP contribution in [0.4, 0.5) is 0 Å². The number of hydrogen-bond acceptors (Lipinski definition) is 6. The quantitative estimate of drug-likeness (QED) is 0.206. The molecule has 0 fully saturated rings. The largest absolute Gasteiger partial charge is 0.466 e. The molecule has 7 nitrogen and oxygen atoms in total. The number of amides is 1. The summed E-state index contributed by atoms with van der Waals surface area (Å²) in [6.07, 6.45) is 1.93. The minimum atomic E-state index is -3.35. The first kappa shape index (κ1) is 29.8. The van der Waals surface area contributed by atoms with E-state index in [1.807, 2.05) is 30.3 Å². The summed E-state index contributed by atoms with van der Waals surface area (Å²) < 4.78 is 35.1. The van der Waals surface area contributed by atoms with E-state index in [9.17, 15) is 18.0 Å². The molecule has 1 N–H and O–H groups in total. The highest BCUT2D eigenvalue weighted by Gasteiger charge is 2.14. The van der Waals surface area contributed by atoms with Gasteiger partial charge in [0.1, 0.15) is 11.5 Å². The maximum absolute atomic E-state index is 12.6. The van der Waals surface area contributed by atoms with Crippen molar-refractivity contribution in [1.82, 2.24) is 5.32 Å². The zero-order chi connectivity index (χ0) is 29.4. The van der Waals surface area contributed by atoms with E-state index in [0.29, 0.717) is 40.6 Å². The van der Waals surface area contributed by atoms with Gasteiger partial charge in [0.05, 0.1) is 17.9 Å². The summed E-state index contributed by atoms with van der Waals surface area (Å²) in [5.74, 6) is 0.474. The number of carbonyl (C=O) groups excluding carboxylic acids is 2. The van der Waals surface area contributed by atoms with E-state index in [1.165, 1.54) is 12.1 Å². The van der Waals surface area contributed by atoms with E-state index >= 15 is 0 Å². The first-order valence-corrected chi connectivity index (χ1v) is 15.3. The molecule has 0 aromatic heterocycles. The van der Waals surface area contributed by atoms with E-state index in [0.717, 1.165) is 22.9 Å². The molecule has 0 bridgehead atoms. The van der Waals surface area contributed by atoms with Crippen LogP contribution in [-0.2, 0) is 32.2 Å². The van der Waals surface area contributed by atoms with Crippen molar-refractivity contribution in [2.24, 2.45) is 0 Å². The van der Waals surface area contributed by atoms with E-state index in [2.05, 4.69) is 5.32 Å². The molecule has 9 heteroatoms. The zero-order valence-electron chi connectivity index (χ0n) is 22.7. The van der Waals surface area contributed by atoms with Crippen molar-refractivity contribution >= 4 is 33.3 Å². The SMILES string of the molecule is CCOC(=O)Cc1ccc(Oc2ccc(C(=O)NCCc3ccc(Cl)cc3)cc2)c(-c2ccc(S(C)(=O)=O)cc2)c1. The molecule has 0 spiro atoms. The van der Waals surface area contributed by atoms with Crippen LogP contribution in [0.2, 0.25) is 5.02 Å². The number of benzene rings is 4. The summed E-state index contributed by atoms with van der Waals surface area (Å²) in [5, 5.41) is 3.59. The van der Waals surface area contributed by atoms with Crippen molar-refractivity contribution in [2.75, 3.05) is 19.4 Å². The normalized spacial score (nSPS) is 11.1. The maximum atomic E-state index is 12.6. The molecule has 0 saturated carbocycles. The molecule has 0 aliphatic carbocycles. The standard InChI is InChI=1S/C32H30ClNO6S/c1-3-39-31(35)21-23-6-17-30(29(20-23)24-9-15-28(16-10-24)41(2,37)38)40-27-13-7-25(8-14-27)32(36)34-19-18-22-4-11-26(33)12-5-22/h4-17,20H,3,18-19,21H2,1-2H3,(H,34,36). The Hall–Kier alpha value is -4.14. The van der Waals surface area contributed by atoms with Crippen LogP contribution in [0.15, 0.2) is 95.9 Å². The molecule has 1 amide bonds. The second-order valence-corrected chi connectivity index (χ2v) is 11.8. The van der Waals surface area contributed by atoms with Crippen LogP contribution in [0.5, 0.6) is 11.5 Å². The van der Waals surface area contributed by atoms with Crippen molar-refractivity contribution < 1.29 is 27.5 Å². The summed E-state index contributed by atoms with van der Waals surface area (Å²) in [7, 11) is -3.35. The molecule has 4 aromatic carbocycles. The van der Waals surface area contributed by atoms with Crippen LogP contribution in [0, 0.1) is 0 Å². The minimum Gasteiger partial charge on any atom is -0.466 e. The molecular weight excluding hydrogens is 562 g/mol. The molecule has 212 valence electrons. The predicted octanol–water partition coefficient (Wildman–Crippen LogP) is 6.28. The predicted molar refractivity (Wildman–Crippen MR) is 159 cm³/mol. The van der Waals surface area contributed by atoms with Crippen LogP contribution in [-0.4, -0.2) is 39.7 Å². The van der Waals surface area contributed by atoms with Gasteiger partial charge in [-0.3, -0.25) is 9.59 Å². The third-order valence-corrected chi connectivity index (χ3v) is 7.63. The Morgan fingerprint density at radius 2 is 1.51 bits per heavy atom. The molecule has 4 rings (SSSR count). The smallest absolute Gasteiger partial charge is 0.310 e. The Labute approximate surface area is 245 Å². The third-order valence-electron chi connectivity index (χ3n) is 6.25. The fraction of sp³-hybridized carbons (Fsp3) is 0.188. The second kappa shape index (κ2) is 13.5. The Balaban J connectivity index is 1.50. The van der Waals surface area contributed by atoms with Gasteiger partial charge in [-0.05, 0) is 90.7 Å². The van der Waals surface area contributed by atoms with Gasteiger partial charge in [0.15, 0.2) is 9.84 Å². The van der Waals surface area contributed by atoms with Gasteiger partial charge in [-0.1, -0.05) is 41.9 Å². The summed E-state index contributed by atoms with van der Waals surface area (Å²) in [5.41, 5.74) is 3.69. The molecule has 0 atom stereocenters. The van der Waals surface area contributed by atoms with Crippen molar-refractivity contribution in [2.45, 2.75) is 24.7 Å². The van der Waals surface area contributed by atoms with Crippen LogP contribution in [0.25, 0.3) is 11.1 Å². The fourth-order valence-corrected chi connectivity index (χ4v) is 4.89. The van der Waals surface area contributed by atoms with Crippen LogP contribution in [0.3, 0.4) is 0 Å². The van der Waals surface area contributed by atoms with Crippen LogP contribution in [0.1, 0.15) is 28.4 Å². The van der Waals surface area contributed by atoms with E-state index in [4.69, 9.17) is 21.1 Å². The molecule has 4 aromatic rings. The highest BCUT2D eigenvalue weighted by molar-refractivity contribution is 7.90. The highest BCUT2D eigenvalue weighted by Crippen LogP contribution is 2.35. The Morgan fingerprint density at radius 1 is 0.854 bits per heavy atom. The van der Waals surface area contributed by atoms with E-state index in [1.54, 1.807) is 55.5 Å². The number of rotatable bonds is 11. The number of esters is 1. The average Bonchev–Trinajstić information content (AvgIpc) is 2.95. The minimum absolute atomic E-state index is 0.0877. The number of halogens is 1. The second-order valence-electron chi connectivity index (χ2n) is 9.37. The third kappa shape index (κ3) is 8.42. The zero-order valence-corrected chi connectivity index (χ0v) is 24.3. The lowest BCUT2D eigenvalue weighted by molar-refractivity contribution is -0.142. The lowest BCUT2D eigenvalue weighted by Crippen LogP contribution is -2.25. The summed E-state index contributed by atoms with van der Waals surface area (Å²) >= 11 is 5.92. The topological polar surface area (TPSA) is 98.8 Å². The summed E-state index contributed by atoms with van der Waals surface area (Å²) in [6, 6.07) is 26.1. The molecule has 0 aliphatic heterocycles. The van der Waals surface area contributed by atoms with Gasteiger partial charge in [0, 0.05) is 29.0 Å². The first-order valence-electron chi connectivity index (χ1n) is 13.0. The molecule has 0 aliphatic rings. The molecular formula is C32H30ClNO6S. The Morgan fingerprint density at radius 3 is 2.15 bits per heavy atom. The van der Waals surface area contributed by atoms with Gasteiger partial charge in [0.25, 0.3) is 5.91 Å². The lowest BCUT2D eigenvalue weighted by Gasteiger charge is -2.14. The van der Waals surface area contributed by atoms with Crippen LogP contribution < -0.4 is 10.1 Å². The van der Waals surface area contributed by atoms with Crippen molar-refractivity contribution in [3.05, 3.63) is 113 Å². The van der Waals surface area contributed by atoms with Crippen LogP contribution >= 0.6 is 11.6 Å². The van der Waals surface area contributed by atoms with Gasteiger partial charge in [-0.2, -0.15) is 0 Å². The van der Waals surface area contributed by atoms with Crippen molar-refractivity contribution in [3.63, 3.8) is 0 Å². The Kier molecular flexibility index (Phi) is 9.81. The van der Waals surface area contributed by atoms with Gasteiger partial charge in [-0.25, -0.2) is 8.42 Å². The summed E-state index contributed by atoms with van der Waals surface area (Å²) in [4.78, 5) is 24.9. The number of nitrogens with one attached hydrogen (secondary N) is 1. The van der Waals surface area contributed by atoms with Gasteiger partial charge in [-0.15, -0.1) is 0 Å².